The first-order valence-electron chi connectivity index (χ1n) is 6.05. The van der Waals surface area contributed by atoms with Crippen molar-refractivity contribution in [1.82, 2.24) is 0 Å². The lowest BCUT2D eigenvalue weighted by atomic mass is 10.0. The van der Waals surface area contributed by atoms with Crippen LogP contribution in [0.4, 0.5) is 11.4 Å². The van der Waals surface area contributed by atoms with Gasteiger partial charge in [-0.1, -0.05) is 0 Å². The van der Waals surface area contributed by atoms with Gasteiger partial charge in [-0.05, 0) is 30.3 Å². The molecule has 2 aromatic rings. The number of ether oxygens (including phenoxy) is 1. The Kier molecular flexibility index (Phi) is 4.12. The predicted octanol–water partition coefficient (Wildman–Crippen LogP) is 2.74. The number of hydrogen-bond donors (Lipinski definition) is 0. The van der Waals surface area contributed by atoms with Crippen LogP contribution in [0.2, 0.25) is 0 Å². The summed E-state index contributed by atoms with van der Waals surface area (Å²) < 4.78 is 4.97. The lowest BCUT2D eigenvalue weighted by Crippen LogP contribution is -2.04. The van der Waals surface area contributed by atoms with Crippen LogP contribution in [0.3, 0.4) is 0 Å². The van der Waals surface area contributed by atoms with Crippen LogP contribution in [0.1, 0.15) is 15.9 Å². The van der Waals surface area contributed by atoms with E-state index in [1.165, 1.54) is 25.3 Å². The van der Waals surface area contributed by atoms with Gasteiger partial charge in [-0.25, -0.2) is 0 Å². The lowest BCUT2D eigenvalue weighted by Gasteiger charge is -2.03. The Bertz CT molecular complexity index is 754. The van der Waals surface area contributed by atoms with E-state index in [0.717, 1.165) is 12.1 Å². The van der Waals surface area contributed by atoms with Crippen molar-refractivity contribution >= 4 is 17.2 Å². The zero-order valence-corrected chi connectivity index (χ0v) is 11.4. The Morgan fingerprint density at radius 2 is 1.45 bits per heavy atom. The number of carbonyl (C=O) groups is 1. The third-order valence-electron chi connectivity index (χ3n) is 2.98. The van der Waals surface area contributed by atoms with Crippen LogP contribution in [-0.4, -0.2) is 22.7 Å². The number of carbonyl (C=O) groups excluding carboxylic acids is 1. The normalized spacial score (nSPS) is 10.0. The van der Waals surface area contributed by atoms with E-state index in [-0.39, 0.29) is 5.56 Å². The van der Waals surface area contributed by atoms with Crippen molar-refractivity contribution in [3.63, 3.8) is 0 Å². The van der Waals surface area contributed by atoms with Gasteiger partial charge in [0.1, 0.15) is 5.75 Å². The summed E-state index contributed by atoms with van der Waals surface area (Å²) in [6.45, 7) is 0. The molecular weight excluding hydrogens is 292 g/mol. The molecule has 0 atom stereocenters. The Morgan fingerprint density at radius 1 is 0.909 bits per heavy atom. The quantitative estimate of drug-likeness (QED) is 0.476. The minimum Gasteiger partial charge on any atom is -0.497 e. The van der Waals surface area contributed by atoms with Gasteiger partial charge in [-0.2, -0.15) is 0 Å². The maximum atomic E-state index is 12.3. The Balaban J connectivity index is 2.43. The Labute approximate surface area is 124 Å². The molecule has 0 unspecified atom stereocenters. The van der Waals surface area contributed by atoms with Crippen LogP contribution in [0, 0.1) is 20.2 Å². The van der Waals surface area contributed by atoms with Crippen molar-refractivity contribution in [3.05, 3.63) is 73.8 Å². The molecule has 0 heterocycles. The number of nitrogens with zero attached hydrogens (tertiary/aromatic N) is 2. The number of nitro groups is 2. The summed E-state index contributed by atoms with van der Waals surface area (Å²) in [6, 6.07) is 9.22. The van der Waals surface area contributed by atoms with Crippen molar-refractivity contribution < 1.29 is 19.4 Å². The van der Waals surface area contributed by atoms with Gasteiger partial charge in [-0.3, -0.25) is 25.0 Å². The van der Waals surface area contributed by atoms with Gasteiger partial charge in [0, 0.05) is 23.3 Å². The molecule has 0 aromatic heterocycles. The summed E-state index contributed by atoms with van der Waals surface area (Å²) in [6.07, 6.45) is 0. The van der Waals surface area contributed by atoms with Crippen molar-refractivity contribution in [2.45, 2.75) is 0 Å². The molecule has 8 nitrogen and oxygen atoms in total. The highest BCUT2D eigenvalue weighted by Crippen LogP contribution is 2.28. The van der Waals surface area contributed by atoms with Crippen LogP contribution in [0.5, 0.6) is 5.75 Å². The van der Waals surface area contributed by atoms with Gasteiger partial charge >= 0.3 is 11.4 Å². The largest absolute Gasteiger partial charge is 0.497 e. The molecule has 0 fully saturated rings. The molecule has 8 heteroatoms. The Morgan fingerprint density at radius 3 is 1.95 bits per heavy atom. The molecular formula is C14H10N2O6. The SMILES string of the molecule is COc1ccc(C(=O)c2ccc([N+](=O)[O-])c([N+](=O)[O-])c2)cc1. The number of hydrogen-bond acceptors (Lipinski definition) is 6. The fraction of sp³-hybridized carbons (Fsp3) is 0.0714. The van der Waals surface area contributed by atoms with Crippen molar-refractivity contribution in [2.24, 2.45) is 0 Å². The summed E-state index contributed by atoms with van der Waals surface area (Å²) in [5.41, 5.74) is -1.08. The molecule has 2 aromatic carbocycles. The first kappa shape index (κ1) is 15.1. The first-order chi connectivity index (χ1) is 10.4. The van der Waals surface area contributed by atoms with Gasteiger partial charge in [-0.15, -0.1) is 0 Å². The van der Waals surface area contributed by atoms with Crippen LogP contribution >= 0.6 is 0 Å². The number of nitro benzene ring substituents is 2. The lowest BCUT2D eigenvalue weighted by molar-refractivity contribution is -0.422. The third kappa shape index (κ3) is 2.90. The van der Waals surface area contributed by atoms with E-state index in [1.807, 2.05) is 0 Å². The van der Waals surface area contributed by atoms with Crippen LogP contribution in [0.15, 0.2) is 42.5 Å². The highest BCUT2D eigenvalue weighted by Gasteiger charge is 2.25. The van der Waals surface area contributed by atoms with Gasteiger partial charge in [0.05, 0.1) is 17.0 Å². The number of ketones is 1. The molecule has 0 N–H and O–H groups in total. The van der Waals surface area contributed by atoms with Gasteiger partial charge in [0.25, 0.3) is 0 Å². The maximum absolute atomic E-state index is 12.3. The summed E-state index contributed by atoms with van der Waals surface area (Å²) >= 11 is 0. The third-order valence-corrected chi connectivity index (χ3v) is 2.98. The maximum Gasteiger partial charge on any atom is 0.346 e. The molecule has 0 saturated heterocycles. The smallest absolute Gasteiger partial charge is 0.346 e. The molecule has 0 amide bonds. The molecule has 0 spiro atoms. The average Bonchev–Trinajstić information content (AvgIpc) is 2.53. The summed E-state index contributed by atoms with van der Waals surface area (Å²) in [7, 11) is 1.48. The second-order valence-electron chi connectivity index (χ2n) is 4.28. The monoisotopic (exact) mass is 302 g/mol. The molecule has 2 rings (SSSR count). The molecule has 0 saturated carbocycles. The number of benzene rings is 2. The zero-order chi connectivity index (χ0) is 16.3. The van der Waals surface area contributed by atoms with Crippen LogP contribution in [-0.2, 0) is 0 Å². The molecule has 0 radical (unpaired) electrons. The minimum absolute atomic E-state index is 0.00228. The van der Waals surface area contributed by atoms with Crippen molar-refractivity contribution in [2.75, 3.05) is 7.11 Å². The van der Waals surface area contributed by atoms with E-state index >= 15 is 0 Å². The van der Waals surface area contributed by atoms with E-state index in [9.17, 15) is 25.0 Å². The molecule has 0 bridgehead atoms. The van der Waals surface area contributed by atoms with E-state index in [4.69, 9.17) is 4.74 Å². The molecule has 22 heavy (non-hydrogen) atoms. The fourth-order valence-corrected chi connectivity index (χ4v) is 1.87. The summed E-state index contributed by atoms with van der Waals surface area (Å²) in [4.78, 5) is 32.2. The van der Waals surface area contributed by atoms with Crippen molar-refractivity contribution in [3.8, 4) is 5.75 Å². The van der Waals surface area contributed by atoms with Crippen LogP contribution in [0.25, 0.3) is 0 Å². The molecule has 0 aliphatic carbocycles. The summed E-state index contributed by atoms with van der Waals surface area (Å²) in [5, 5.41) is 21.6. The molecule has 0 aliphatic rings. The second-order valence-corrected chi connectivity index (χ2v) is 4.28. The van der Waals surface area contributed by atoms with E-state index in [2.05, 4.69) is 0 Å². The topological polar surface area (TPSA) is 113 Å². The van der Waals surface area contributed by atoms with Gasteiger partial charge in [0.2, 0.25) is 0 Å². The fourth-order valence-electron chi connectivity index (χ4n) is 1.87. The number of rotatable bonds is 5. The Hall–Kier alpha value is -3.29. The van der Waals surface area contributed by atoms with Gasteiger partial charge in [0.15, 0.2) is 5.78 Å². The standard InChI is InChI=1S/C14H10N2O6/c1-22-11-5-2-9(3-6-11)14(17)10-4-7-12(15(18)19)13(8-10)16(20)21/h2-8H,1H3. The predicted molar refractivity (Wildman–Crippen MR) is 76.2 cm³/mol. The number of methoxy groups -OCH3 is 1. The molecule has 0 aliphatic heterocycles. The van der Waals surface area contributed by atoms with Crippen molar-refractivity contribution in [1.29, 1.82) is 0 Å². The minimum atomic E-state index is -0.886. The van der Waals surface area contributed by atoms with E-state index in [1.54, 1.807) is 12.1 Å². The van der Waals surface area contributed by atoms with Gasteiger partial charge < -0.3 is 4.74 Å². The first-order valence-corrected chi connectivity index (χ1v) is 6.05. The summed E-state index contributed by atoms with van der Waals surface area (Å²) in [5.74, 6) is 0.0897. The van der Waals surface area contributed by atoms with E-state index < -0.39 is 27.0 Å². The average molecular weight is 302 g/mol. The zero-order valence-electron chi connectivity index (χ0n) is 11.4. The highest BCUT2D eigenvalue weighted by atomic mass is 16.6. The molecule has 112 valence electrons. The highest BCUT2D eigenvalue weighted by molar-refractivity contribution is 6.09. The van der Waals surface area contributed by atoms with Crippen LogP contribution < -0.4 is 4.74 Å². The second kappa shape index (κ2) is 6.00. The van der Waals surface area contributed by atoms with E-state index in [0.29, 0.717) is 11.3 Å².